The molecule has 0 bridgehead atoms. The van der Waals surface area contributed by atoms with Crippen molar-refractivity contribution in [3.8, 4) is 5.75 Å². The van der Waals surface area contributed by atoms with E-state index in [9.17, 15) is 9.59 Å². The Hall–Kier alpha value is -2.34. The number of aryl methyl sites for hydroxylation is 1. The van der Waals surface area contributed by atoms with Gasteiger partial charge >= 0.3 is 0 Å². The van der Waals surface area contributed by atoms with Crippen LogP contribution in [0.25, 0.3) is 0 Å². The Morgan fingerprint density at radius 3 is 2.34 bits per heavy atom. The van der Waals surface area contributed by atoms with Crippen molar-refractivity contribution in [2.45, 2.75) is 52.7 Å². The summed E-state index contributed by atoms with van der Waals surface area (Å²) < 4.78 is 6.61. The average Bonchev–Trinajstić information content (AvgIpc) is 2.69. The molecule has 0 spiro atoms. The van der Waals surface area contributed by atoms with E-state index in [-0.39, 0.29) is 24.5 Å². The maximum absolute atomic E-state index is 13.0. The van der Waals surface area contributed by atoms with Gasteiger partial charge in [-0.2, -0.15) is 0 Å². The smallest absolute Gasteiger partial charge is 0.261 e. The van der Waals surface area contributed by atoms with E-state index < -0.39 is 6.04 Å². The second-order valence-electron chi connectivity index (χ2n) is 7.28. The van der Waals surface area contributed by atoms with E-state index in [4.69, 9.17) is 4.74 Å². The molecule has 2 rings (SSSR count). The van der Waals surface area contributed by atoms with Crippen LogP contribution in [0.2, 0.25) is 0 Å². The molecule has 2 aromatic rings. The molecular formula is C23H29BrN2O3. The Kier molecular flexibility index (Phi) is 8.70. The van der Waals surface area contributed by atoms with Gasteiger partial charge < -0.3 is 15.0 Å². The molecule has 0 fully saturated rings. The van der Waals surface area contributed by atoms with Gasteiger partial charge in [-0.1, -0.05) is 47.1 Å². The molecule has 0 heterocycles. The molecule has 0 saturated heterocycles. The first-order valence-electron chi connectivity index (χ1n) is 9.86. The number of carbonyl (C=O) groups excluding carboxylic acids is 2. The number of nitrogens with one attached hydrogen (secondary N) is 1. The van der Waals surface area contributed by atoms with Crippen LogP contribution in [0.4, 0.5) is 0 Å². The van der Waals surface area contributed by atoms with Crippen molar-refractivity contribution in [3.05, 3.63) is 64.1 Å². The van der Waals surface area contributed by atoms with Gasteiger partial charge in [0, 0.05) is 17.1 Å². The van der Waals surface area contributed by atoms with Crippen molar-refractivity contribution in [2.24, 2.45) is 0 Å². The first-order valence-corrected chi connectivity index (χ1v) is 10.7. The number of ether oxygens (including phenoxy) is 1. The zero-order valence-electron chi connectivity index (χ0n) is 17.4. The van der Waals surface area contributed by atoms with Crippen molar-refractivity contribution in [3.63, 3.8) is 0 Å². The van der Waals surface area contributed by atoms with E-state index in [1.807, 2.05) is 62.4 Å². The van der Waals surface area contributed by atoms with Gasteiger partial charge in [0.2, 0.25) is 5.91 Å². The predicted molar refractivity (Wildman–Crippen MR) is 119 cm³/mol. The molecule has 1 N–H and O–H groups in total. The summed E-state index contributed by atoms with van der Waals surface area (Å²) in [5.74, 6) is 0.212. The van der Waals surface area contributed by atoms with Gasteiger partial charge in [0.15, 0.2) is 6.61 Å². The lowest BCUT2D eigenvalue weighted by Crippen LogP contribution is -2.50. The third-order valence-electron chi connectivity index (χ3n) is 4.53. The van der Waals surface area contributed by atoms with E-state index in [0.717, 1.165) is 16.5 Å². The molecule has 0 aromatic heterocycles. The molecule has 5 nitrogen and oxygen atoms in total. The van der Waals surface area contributed by atoms with Crippen LogP contribution >= 0.6 is 15.9 Å². The van der Waals surface area contributed by atoms with Crippen LogP contribution < -0.4 is 10.1 Å². The highest BCUT2D eigenvalue weighted by molar-refractivity contribution is 9.10. The van der Waals surface area contributed by atoms with Crippen LogP contribution in [0.5, 0.6) is 5.75 Å². The van der Waals surface area contributed by atoms with Gasteiger partial charge in [-0.3, -0.25) is 9.59 Å². The normalized spacial score (nSPS) is 11.8. The van der Waals surface area contributed by atoms with Gasteiger partial charge in [0.05, 0.1) is 0 Å². The van der Waals surface area contributed by atoms with Gasteiger partial charge in [0.1, 0.15) is 11.8 Å². The topological polar surface area (TPSA) is 58.6 Å². The second kappa shape index (κ2) is 11.0. The Labute approximate surface area is 181 Å². The highest BCUT2D eigenvalue weighted by Crippen LogP contribution is 2.17. The molecule has 2 aromatic carbocycles. The number of nitrogens with zero attached hydrogens (tertiary/aromatic N) is 1. The number of hydrogen-bond donors (Lipinski definition) is 1. The summed E-state index contributed by atoms with van der Waals surface area (Å²) in [5.41, 5.74) is 2.14. The van der Waals surface area contributed by atoms with Gasteiger partial charge in [-0.25, -0.2) is 0 Å². The van der Waals surface area contributed by atoms with Gasteiger partial charge in [-0.05, 0) is 62.6 Å². The summed E-state index contributed by atoms with van der Waals surface area (Å²) in [6.07, 6.45) is 0.947. The van der Waals surface area contributed by atoms with Crippen LogP contribution in [-0.4, -0.2) is 35.4 Å². The molecule has 2 amide bonds. The molecule has 0 radical (unpaired) electrons. The average molecular weight is 461 g/mol. The highest BCUT2D eigenvalue weighted by atomic mass is 79.9. The van der Waals surface area contributed by atoms with E-state index in [1.54, 1.807) is 11.8 Å². The van der Waals surface area contributed by atoms with Crippen molar-refractivity contribution >= 4 is 27.7 Å². The molecule has 0 saturated carbocycles. The first kappa shape index (κ1) is 22.9. The SMILES string of the molecule is CCc1ccc(OCC(=O)N(Cc2cccc(Br)c2)[C@@H](C)C(=O)NC(C)C)cc1. The molecule has 0 aliphatic rings. The fourth-order valence-electron chi connectivity index (χ4n) is 2.87. The third-order valence-corrected chi connectivity index (χ3v) is 5.03. The van der Waals surface area contributed by atoms with E-state index in [0.29, 0.717) is 12.3 Å². The van der Waals surface area contributed by atoms with Gasteiger partial charge in [-0.15, -0.1) is 0 Å². The number of carbonyl (C=O) groups is 2. The molecule has 0 aliphatic carbocycles. The summed E-state index contributed by atoms with van der Waals surface area (Å²) in [7, 11) is 0. The molecule has 1 atom stereocenters. The minimum atomic E-state index is -0.616. The summed E-state index contributed by atoms with van der Waals surface area (Å²) in [6, 6.07) is 14.8. The Balaban J connectivity index is 2.13. The third kappa shape index (κ3) is 7.20. The highest BCUT2D eigenvalue weighted by Gasteiger charge is 2.26. The Morgan fingerprint density at radius 1 is 1.07 bits per heavy atom. The van der Waals surface area contributed by atoms with Crippen LogP contribution in [0, 0.1) is 0 Å². The summed E-state index contributed by atoms with van der Waals surface area (Å²) in [5, 5.41) is 2.88. The maximum Gasteiger partial charge on any atom is 0.261 e. The first-order chi connectivity index (χ1) is 13.8. The van der Waals surface area contributed by atoms with Crippen molar-refractivity contribution < 1.29 is 14.3 Å². The Morgan fingerprint density at radius 2 is 1.76 bits per heavy atom. The number of rotatable bonds is 9. The minimum Gasteiger partial charge on any atom is -0.484 e. The fourth-order valence-corrected chi connectivity index (χ4v) is 3.32. The molecular weight excluding hydrogens is 432 g/mol. The Bertz CT molecular complexity index is 821. The zero-order valence-corrected chi connectivity index (χ0v) is 19.0. The quantitative estimate of drug-likeness (QED) is 0.605. The summed E-state index contributed by atoms with van der Waals surface area (Å²) >= 11 is 3.45. The largest absolute Gasteiger partial charge is 0.484 e. The van der Waals surface area contributed by atoms with Crippen molar-refractivity contribution in [1.29, 1.82) is 0 Å². The van der Waals surface area contributed by atoms with Crippen molar-refractivity contribution in [2.75, 3.05) is 6.61 Å². The fraction of sp³-hybridized carbons (Fsp3) is 0.391. The zero-order chi connectivity index (χ0) is 21.4. The van der Waals surface area contributed by atoms with E-state index >= 15 is 0 Å². The number of amides is 2. The summed E-state index contributed by atoms with van der Waals surface area (Å²) in [4.78, 5) is 27.1. The second-order valence-corrected chi connectivity index (χ2v) is 8.19. The van der Waals surface area contributed by atoms with Crippen LogP contribution in [-0.2, 0) is 22.6 Å². The van der Waals surface area contributed by atoms with E-state index in [1.165, 1.54) is 5.56 Å². The van der Waals surface area contributed by atoms with Gasteiger partial charge in [0.25, 0.3) is 5.91 Å². The van der Waals surface area contributed by atoms with Crippen molar-refractivity contribution in [1.82, 2.24) is 10.2 Å². The number of halogens is 1. The minimum absolute atomic E-state index is 0.00102. The molecule has 0 unspecified atom stereocenters. The predicted octanol–water partition coefficient (Wildman–Crippen LogP) is 4.33. The lowest BCUT2D eigenvalue weighted by molar-refractivity contribution is -0.142. The molecule has 0 aliphatic heterocycles. The standard InChI is InChI=1S/C23H29BrN2O3/c1-5-18-9-11-21(12-10-18)29-15-22(27)26(17(4)23(28)25-16(2)3)14-19-7-6-8-20(24)13-19/h6-13,16-17H,5,14-15H2,1-4H3,(H,25,28)/t17-/m0/s1. The maximum atomic E-state index is 13.0. The lowest BCUT2D eigenvalue weighted by Gasteiger charge is -2.29. The van der Waals surface area contributed by atoms with Crippen LogP contribution in [0.3, 0.4) is 0 Å². The molecule has 29 heavy (non-hydrogen) atoms. The molecule has 6 heteroatoms. The lowest BCUT2D eigenvalue weighted by atomic mass is 10.1. The van der Waals surface area contributed by atoms with Crippen LogP contribution in [0.15, 0.2) is 53.0 Å². The van der Waals surface area contributed by atoms with E-state index in [2.05, 4.69) is 28.2 Å². The number of benzene rings is 2. The van der Waals surface area contributed by atoms with Crippen LogP contribution in [0.1, 0.15) is 38.8 Å². The summed E-state index contributed by atoms with van der Waals surface area (Å²) in [6.45, 7) is 7.82. The number of hydrogen-bond acceptors (Lipinski definition) is 3. The molecule has 156 valence electrons. The monoisotopic (exact) mass is 460 g/mol.